The van der Waals surface area contributed by atoms with Crippen LogP contribution in [-0.2, 0) is 0 Å². The summed E-state index contributed by atoms with van der Waals surface area (Å²) in [4.78, 5) is 2.23. The second-order valence-electron chi connectivity index (χ2n) is 16.2. The first-order chi connectivity index (χ1) is 33.0. The maximum atomic E-state index is 5.54. The molecule has 326 valence electrons. The first-order valence-corrected chi connectivity index (χ1v) is 22.6. The van der Waals surface area contributed by atoms with E-state index >= 15 is 0 Å². The van der Waals surface area contributed by atoms with E-state index < -0.39 is 0 Å². The van der Waals surface area contributed by atoms with Gasteiger partial charge >= 0.3 is 0 Å². The monoisotopic (exact) mass is 892 g/mol. The highest BCUT2D eigenvalue weighted by atomic mass is 32.1. The van der Waals surface area contributed by atoms with Gasteiger partial charge in [0.25, 0.3) is 0 Å². The number of rotatable bonds is 12. The van der Waals surface area contributed by atoms with Crippen LogP contribution >= 0.6 is 11.7 Å². The van der Waals surface area contributed by atoms with Gasteiger partial charge in [0.05, 0.1) is 56.9 Å². The first kappa shape index (κ1) is 41.3. The summed E-state index contributed by atoms with van der Waals surface area (Å²) in [6.45, 7) is 0. The Kier molecular flexibility index (Phi) is 10.8. The molecule has 9 aromatic carbocycles. The molecule has 0 aliphatic heterocycles. The molecule has 0 aliphatic carbocycles. The molecule has 0 spiro atoms. The number of ether oxygens (including phenoxy) is 4. The van der Waals surface area contributed by atoms with Crippen LogP contribution in [0.1, 0.15) is 0 Å². The molecule has 2 heterocycles. The van der Waals surface area contributed by atoms with E-state index in [1.54, 1.807) is 28.4 Å². The van der Waals surface area contributed by atoms with Crippen LogP contribution in [-0.4, -0.2) is 41.8 Å². The van der Waals surface area contributed by atoms with E-state index in [2.05, 4.69) is 155 Å². The standard InChI is InChI=1S/C58H44N4O4S/c1-63-47-23-9-38(10-24-47)37-5-17-44(18-6-37)61(45-21-29-50(66-4)30-22-45)56-34-31-51(57-58(56)60-67-59-57)41-7-19-46(20-8-41)62-54-32-15-42(39-11-25-48(64-2)26-12-39)35-52(54)53-36-43(16-33-55(53)62)40-13-27-49(65-3)28-14-40/h5-36H,1-4H3. The molecule has 0 radical (unpaired) electrons. The Morgan fingerprint density at radius 3 is 1.21 bits per heavy atom. The Balaban J connectivity index is 0.980. The van der Waals surface area contributed by atoms with Crippen LogP contribution in [0, 0.1) is 0 Å². The van der Waals surface area contributed by atoms with E-state index in [-0.39, 0.29) is 0 Å². The minimum absolute atomic E-state index is 0.787. The lowest BCUT2D eigenvalue weighted by atomic mass is 10.00. The summed E-state index contributed by atoms with van der Waals surface area (Å²) in [5, 5.41) is 2.34. The average Bonchev–Trinajstić information content (AvgIpc) is 4.03. The third-order valence-corrected chi connectivity index (χ3v) is 13.1. The van der Waals surface area contributed by atoms with Crippen molar-refractivity contribution in [1.82, 2.24) is 13.3 Å². The zero-order valence-corrected chi connectivity index (χ0v) is 38.1. The van der Waals surface area contributed by atoms with Crippen molar-refractivity contribution in [2.45, 2.75) is 0 Å². The highest BCUT2D eigenvalue weighted by molar-refractivity contribution is 7.00. The lowest BCUT2D eigenvalue weighted by Crippen LogP contribution is -2.10. The summed E-state index contributed by atoms with van der Waals surface area (Å²) in [5.74, 6) is 3.28. The minimum atomic E-state index is 0.787. The lowest BCUT2D eigenvalue weighted by Gasteiger charge is -2.26. The minimum Gasteiger partial charge on any atom is -0.497 e. The number of anilines is 3. The van der Waals surface area contributed by atoms with E-state index in [4.69, 9.17) is 27.7 Å². The number of fused-ring (bicyclic) bond motifs is 4. The van der Waals surface area contributed by atoms with Crippen LogP contribution in [0.15, 0.2) is 194 Å². The number of nitrogens with zero attached hydrogens (tertiary/aromatic N) is 4. The largest absolute Gasteiger partial charge is 0.497 e. The molecule has 0 unspecified atom stereocenters. The maximum Gasteiger partial charge on any atom is 0.129 e. The molecule has 2 aromatic heterocycles. The van der Waals surface area contributed by atoms with Crippen molar-refractivity contribution in [2.24, 2.45) is 0 Å². The predicted molar refractivity (Wildman–Crippen MR) is 274 cm³/mol. The van der Waals surface area contributed by atoms with Crippen molar-refractivity contribution in [1.29, 1.82) is 0 Å². The molecular formula is C58H44N4O4S. The van der Waals surface area contributed by atoms with Gasteiger partial charge in [-0.05, 0) is 160 Å². The number of hydrogen-bond donors (Lipinski definition) is 0. The average molecular weight is 893 g/mol. The van der Waals surface area contributed by atoms with Gasteiger partial charge in [-0.1, -0.05) is 72.8 Å². The van der Waals surface area contributed by atoms with E-state index in [0.717, 1.165) is 112 Å². The fourth-order valence-corrected chi connectivity index (χ4v) is 9.60. The number of aromatic nitrogens is 3. The van der Waals surface area contributed by atoms with Gasteiger partial charge in [0, 0.05) is 33.4 Å². The van der Waals surface area contributed by atoms with E-state index in [0.29, 0.717) is 0 Å². The van der Waals surface area contributed by atoms with Crippen LogP contribution in [0.3, 0.4) is 0 Å². The number of benzene rings is 9. The molecule has 0 saturated heterocycles. The Labute approximate surface area is 392 Å². The maximum absolute atomic E-state index is 5.54. The molecule has 11 rings (SSSR count). The van der Waals surface area contributed by atoms with Gasteiger partial charge in [0.1, 0.15) is 34.0 Å². The highest BCUT2D eigenvalue weighted by Gasteiger charge is 2.21. The van der Waals surface area contributed by atoms with E-state index in [9.17, 15) is 0 Å². The third kappa shape index (κ3) is 7.65. The van der Waals surface area contributed by atoms with E-state index in [1.165, 1.54) is 22.5 Å². The number of hydrogen-bond acceptors (Lipinski definition) is 8. The SMILES string of the molecule is COc1ccc(-c2ccc(N(c3ccc(OC)cc3)c3ccc(-c4ccc(-n5c6ccc(-c7ccc(OC)cc7)cc6c6cc(-c7ccc(OC)cc7)ccc65)cc4)c4nsnc34)cc2)cc1. The molecule has 0 bridgehead atoms. The molecule has 8 nitrogen and oxygen atoms in total. The quantitative estimate of drug-likeness (QED) is 0.121. The molecule has 11 aromatic rings. The smallest absolute Gasteiger partial charge is 0.129 e. The van der Waals surface area contributed by atoms with Gasteiger partial charge < -0.3 is 28.4 Å². The fraction of sp³-hybridized carbons (Fsp3) is 0.0690. The summed E-state index contributed by atoms with van der Waals surface area (Å²) in [6, 6.07) is 67.9. The fourth-order valence-electron chi connectivity index (χ4n) is 9.03. The van der Waals surface area contributed by atoms with Crippen LogP contribution < -0.4 is 23.8 Å². The third-order valence-electron chi connectivity index (χ3n) is 12.6. The Hall–Kier alpha value is -8.40. The van der Waals surface area contributed by atoms with Gasteiger partial charge in [-0.25, -0.2) is 0 Å². The molecule has 0 amide bonds. The highest BCUT2D eigenvalue weighted by Crippen LogP contribution is 2.43. The van der Waals surface area contributed by atoms with Crippen molar-refractivity contribution >= 4 is 61.6 Å². The first-order valence-electron chi connectivity index (χ1n) is 21.9. The zero-order valence-electron chi connectivity index (χ0n) is 37.3. The van der Waals surface area contributed by atoms with Crippen molar-refractivity contribution in [3.8, 4) is 73.2 Å². The zero-order chi connectivity index (χ0) is 45.4. The van der Waals surface area contributed by atoms with Gasteiger partial charge in [-0.15, -0.1) is 0 Å². The lowest BCUT2D eigenvalue weighted by molar-refractivity contribution is 0.414. The van der Waals surface area contributed by atoms with Crippen LogP contribution in [0.4, 0.5) is 17.1 Å². The van der Waals surface area contributed by atoms with Crippen molar-refractivity contribution in [2.75, 3.05) is 33.3 Å². The van der Waals surface area contributed by atoms with Gasteiger partial charge in [-0.2, -0.15) is 8.75 Å². The molecule has 0 saturated carbocycles. The molecular weight excluding hydrogens is 849 g/mol. The summed E-state index contributed by atoms with van der Waals surface area (Å²) in [6.07, 6.45) is 0. The van der Waals surface area contributed by atoms with Gasteiger partial charge in [0.15, 0.2) is 0 Å². The van der Waals surface area contributed by atoms with Crippen molar-refractivity contribution < 1.29 is 18.9 Å². The summed E-state index contributed by atoms with van der Waals surface area (Å²) < 4.78 is 34.0. The van der Waals surface area contributed by atoms with Crippen molar-refractivity contribution in [3.63, 3.8) is 0 Å². The van der Waals surface area contributed by atoms with Crippen molar-refractivity contribution in [3.05, 3.63) is 194 Å². The second-order valence-corrected chi connectivity index (χ2v) is 16.7. The molecule has 0 N–H and O–H groups in total. The molecule has 9 heteroatoms. The number of methoxy groups -OCH3 is 4. The second kappa shape index (κ2) is 17.5. The molecule has 0 atom stereocenters. The Morgan fingerprint density at radius 1 is 0.373 bits per heavy atom. The van der Waals surface area contributed by atoms with Gasteiger partial charge in [-0.3, -0.25) is 0 Å². The molecule has 0 fully saturated rings. The summed E-state index contributed by atoms with van der Waals surface area (Å²) >= 11 is 1.23. The Bertz CT molecular complexity index is 3430. The van der Waals surface area contributed by atoms with Crippen LogP contribution in [0.2, 0.25) is 0 Å². The summed E-state index contributed by atoms with van der Waals surface area (Å²) in [5.41, 5.74) is 16.7. The molecule has 0 aliphatic rings. The van der Waals surface area contributed by atoms with Gasteiger partial charge in [0.2, 0.25) is 0 Å². The Morgan fingerprint density at radius 2 is 0.746 bits per heavy atom. The topological polar surface area (TPSA) is 70.9 Å². The summed E-state index contributed by atoms with van der Waals surface area (Å²) in [7, 11) is 6.75. The van der Waals surface area contributed by atoms with Crippen LogP contribution in [0.5, 0.6) is 23.0 Å². The van der Waals surface area contributed by atoms with Crippen LogP contribution in [0.25, 0.3) is 83.0 Å². The predicted octanol–water partition coefficient (Wildman–Crippen LogP) is 15.0. The normalized spacial score (nSPS) is 11.3. The molecule has 67 heavy (non-hydrogen) atoms. The van der Waals surface area contributed by atoms with E-state index in [1.807, 2.05) is 48.5 Å².